The molecule has 4 heteroatoms. The van der Waals surface area contributed by atoms with Crippen LogP contribution in [0.4, 0.5) is 0 Å². The molecular formula is C11H16N2OS. The summed E-state index contributed by atoms with van der Waals surface area (Å²) in [5, 5.41) is 3.82. The third-order valence-corrected chi connectivity index (χ3v) is 3.97. The molecule has 0 spiro atoms. The van der Waals surface area contributed by atoms with E-state index in [1.54, 1.807) is 6.20 Å². The molecular weight excluding hydrogens is 208 g/mol. The number of rotatable bonds is 3. The summed E-state index contributed by atoms with van der Waals surface area (Å²) in [6.07, 6.45) is 8.27. The highest BCUT2D eigenvalue weighted by Crippen LogP contribution is 2.40. The van der Waals surface area contributed by atoms with Gasteiger partial charge in [-0.25, -0.2) is 0 Å². The zero-order valence-corrected chi connectivity index (χ0v) is 9.80. The maximum atomic E-state index is 11.3. The zero-order chi connectivity index (χ0) is 10.7. The first kappa shape index (κ1) is 10.7. The summed E-state index contributed by atoms with van der Waals surface area (Å²) >= 11 is 1.41. The third kappa shape index (κ3) is 2.43. The number of carbonyl (C=O) groups excluding carboxylic acids is 1. The molecule has 0 N–H and O–H groups in total. The second kappa shape index (κ2) is 4.39. The maximum Gasteiger partial charge on any atom is 0.126 e. The molecule has 1 heterocycles. The summed E-state index contributed by atoms with van der Waals surface area (Å²) < 4.78 is 3.85. The summed E-state index contributed by atoms with van der Waals surface area (Å²) in [4.78, 5) is 12.5. The summed E-state index contributed by atoms with van der Waals surface area (Å²) in [6, 6.07) is 0. The van der Waals surface area contributed by atoms with Gasteiger partial charge in [-0.3, -0.25) is 0 Å². The van der Waals surface area contributed by atoms with Crippen molar-refractivity contribution >= 4 is 17.8 Å². The Morgan fingerprint density at radius 2 is 2.60 bits per heavy atom. The summed E-state index contributed by atoms with van der Waals surface area (Å²) in [5.41, 5.74) is -0.133. The van der Waals surface area contributed by atoms with Crippen LogP contribution in [0.3, 0.4) is 0 Å². The molecule has 2 rings (SSSR count). The fraction of sp³-hybridized carbons (Fsp3) is 0.727. The number of aromatic nitrogens is 2. The molecule has 1 fully saturated rings. The molecule has 1 aromatic rings. The minimum Gasteiger partial charge on any atom is -0.303 e. The molecule has 2 unspecified atom stereocenters. The predicted molar refractivity (Wildman–Crippen MR) is 59.7 cm³/mol. The number of aldehydes is 1. The van der Waals surface area contributed by atoms with Crippen molar-refractivity contribution in [2.75, 3.05) is 0 Å². The maximum absolute atomic E-state index is 11.3. The molecule has 0 amide bonds. The smallest absolute Gasteiger partial charge is 0.126 e. The Bertz CT molecular complexity index is 325. The van der Waals surface area contributed by atoms with Crippen molar-refractivity contribution in [3.05, 3.63) is 11.1 Å². The summed E-state index contributed by atoms with van der Waals surface area (Å²) in [7, 11) is 0. The first-order chi connectivity index (χ1) is 7.24. The average Bonchev–Trinajstić information content (AvgIpc) is 2.70. The van der Waals surface area contributed by atoms with Gasteiger partial charge in [0.2, 0.25) is 0 Å². The third-order valence-electron chi connectivity index (χ3n) is 3.31. The van der Waals surface area contributed by atoms with E-state index in [0.29, 0.717) is 5.92 Å². The number of nitrogens with zero attached hydrogens (tertiary/aromatic N) is 2. The molecule has 15 heavy (non-hydrogen) atoms. The second-order valence-electron chi connectivity index (χ2n) is 4.74. The van der Waals surface area contributed by atoms with Crippen LogP contribution in [-0.2, 0) is 11.2 Å². The monoisotopic (exact) mass is 224 g/mol. The van der Waals surface area contributed by atoms with E-state index in [0.717, 1.165) is 24.1 Å². The van der Waals surface area contributed by atoms with Gasteiger partial charge < -0.3 is 4.79 Å². The van der Waals surface area contributed by atoms with Crippen molar-refractivity contribution < 1.29 is 4.79 Å². The van der Waals surface area contributed by atoms with Crippen LogP contribution >= 0.6 is 11.5 Å². The lowest BCUT2D eigenvalue weighted by molar-refractivity contribution is -0.118. The van der Waals surface area contributed by atoms with Crippen LogP contribution in [0.15, 0.2) is 6.20 Å². The molecule has 3 nitrogen and oxygen atoms in total. The van der Waals surface area contributed by atoms with Gasteiger partial charge >= 0.3 is 0 Å². The van der Waals surface area contributed by atoms with E-state index in [9.17, 15) is 4.79 Å². The minimum absolute atomic E-state index is 0.133. The lowest BCUT2D eigenvalue weighted by Crippen LogP contribution is -2.31. The minimum atomic E-state index is -0.133. The average molecular weight is 224 g/mol. The molecule has 0 aromatic carbocycles. The van der Waals surface area contributed by atoms with Gasteiger partial charge in [-0.15, -0.1) is 5.10 Å². The van der Waals surface area contributed by atoms with E-state index in [1.807, 2.05) is 0 Å². The van der Waals surface area contributed by atoms with Crippen molar-refractivity contribution in [1.82, 2.24) is 9.59 Å². The van der Waals surface area contributed by atoms with Gasteiger partial charge in [0, 0.05) is 10.3 Å². The number of carbonyl (C=O) groups is 1. The summed E-state index contributed by atoms with van der Waals surface area (Å²) in [5.74, 6) is 0.671. The predicted octanol–water partition coefficient (Wildman–Crippen LogP) is 2.48. The Labute approximate surface area is 94.1 Å². The van der Waals surface area contributed by atoms with Gasteiger partial charge in [0.25, 0.3) is 0 Å². The fourth-order valence-corrected chi connectivity index (χ4v) is 3.27. The molecule has 0 radical (unpaired) electrons. The molecule has 1 aliphatic carbocycles. The topological polar surface area (TPSA) is 42.9 Å². The van der Waals surface area contributed by atoms with Crippen molar-refractivity contribution in [2.45, 2.75) is 39.0 Å². The van der Waals surface area contributed by atoms with Crippen LogP contribution in [-0.4, -0.2) is 15.9 Å². The van der Waals surface area contributed by atoms with Gasteiger partial charge in [0.1, 0.15) is 6.29 Å². The molecule has 0 bridgehead atoms. The SMILES string of the molecule is CC1CCCC(C=O)(Cc2cnns2)C1. The van der Waals surface area contributed by atoms with Crippen LogP contribution in [0, 0.1) is 11.3 Å². The standard InChI is InChI=1S/C11H16N2OS/c1-9-3-2-4-11(5-9,8-14)6-10-7-12-13-15-10/h7-9H,2-6H2,1H3. The van der Waals surface area contributed by atoms with Crippen LogP contribution in [0.2, 0.25) is 0 Å². The van der Waals surface area contributed by atoms with E-state index >= 15 is 0 Å². The Morgan fingerprint density at radius 1 is 1.73 bits per heavy atom. The summed E-state index contributed by atoms with van der Waals surface area (Å²) in [6.45, 7) is 2.24. The van der Waals surface area contributed by atoms with Gasteiger partial charge in [-0.1, -0.05) is 24.3 Å². The largest absolute Gasteiger partial charge is 0.303 e. The molecule has 0 saturated heterocycles. The van der Waals surface area contributed by atoms with Crippen molar-refractivity contribution in [3.63, 3.8) is 0 Å². The van der Waals surface area contributed by atoms with Crippen molar-refractivity contribution in [2.24, 2.45) is 11.3 Å². The Morgan fingerprint density at radius 3 is 3.20 bits per heavy atom. The molecule has 0 aliphatic heterocycles. The Balaban J connectivity index is 2.10. The first-order valence-electron chi connectivity index (χ1n) is 5.47. The van der Waals surface area contributed by atoms with E-state index in [-0.39, 0.29) is 5.41 Å². The van der Waals surface area contributed by atoms with Gasteiger partial charge in [0.15, 0.2) is 0 Å². The van der Waals surface area contributed by atoms with Crippen molar-refractivity contribution in [1.29, 1.82) is 0 Å². The normalized spacial score (nSPS) is 31.4. The van der Waals surface area contributed by atoms with Crippen LogP contribution in [0.25, 0.3) is 0 Å². The van der Waals surface area contributed by atoms with Crippen LogP contribution in [0.1, 0.15) is 37.5 Å². The number of hydrogen-bond donors (Lipinski definition) is 0. The van der Waals surface area contributed by atoms with E-state index in [1.165, 1.54) is 30.7 Å². The molecule has 2 atom stereocenters. The lowest BCUT2D eigenvalue weighted by atomic mass is 9.69. The molecule has 1 aliphatic rings. The molecule has 1 aromatic heterocycles. The van der Waals surface area contributed by atoms with E-state index < -0.39 is 0 Å². The van der Waals surface area contributed by atoms with Gasteiger partial charge in [0.05, 0.1) is 6.20 Å². The highest BCUT2D eigenvalue weighted by molar-refractivity contribution is 7.05. The van der Waals surface area contributed by atoms with Gasteiger partial charge in [-0.05, 0) is 36.7 Å². The fourth-order valence-electron chi connectivity index (χ4n) is 2.62. The quantitative estimate of drug-likeness (QED) is 0.741. The Kier molecular flexibility index (Phi) is 3.14. The Hall–Kier alpha value is -0.770. The second-order valence-corrected chi connectivity index (χ2v) is 5.61. The zero-order valence-electron chi connectivity index (χ0n) is 8.98. The molecule has 1 saturated carbocycles. The highest BCUT2D eigenvalue weighted by atomic mass is 32.1. The van der Waals surface area contributed by atoms with Crippen molar-refractivity contribution in [3.8, 4) is 0 Å². The first-order valence-corrected chi connectivity index (χ1v) is 6.24. The molecule has 82 valence electrons. The van der Waals surface area contributed by atoms with Gasteiger partial charge in [-0.2, -0.15) is 0 Å². The highest BCUT2D eigenvalue weighted by Gasteiger charge is 2.35. The van der Waals surface area contributed by atoms with Crippen LogP contribution < -0.4 is 0 Å². The number of hydrogen-bond acceptors (Lipinski definition) is 4. The van der Waals surface area contributed by atoms with Crippen LogP contribution in [0.5, 0.6) is 0 Å². The lowest BCUT2D eigenvalue weighted by Gasteiger charge is -2.35. The van der Waals surface area contributed by atoms with E-state index in [2.05, 4.69) is 16.5 Å². The van der Waals surface area contributed by atoms with E-state index in [4.69, 9.17) is 0 Å².